The van der Waals surface area contributed by atoms with Crippen LogP contribution in [0, 0.1) is 0 Å². The van der Waals surface area contributed by atoms with Crippen LogP contribution in [0.2, 0.25) is 5.02 Å². The van der Waals surface area contributed by atoms with Crippen molar-refractivity contribution in [1.29, 1.82) is 0 Å². The van der Waals surface area contributed by atoms with E-state index in [0.717, 1.165) is 23.3 Å². The summed E-state index contributed by atoms with van der Waals surface area (Å²) in [7, 11) is 1.78. The molecule has 0 aliphatic heterocycles. The minimum absolute atomic E-state index is 0.389. The van der Waals surface area contributed by atoms with Crippen molar-refractivity contribution < 1.29 is 0 Å². The molecular weight excluding hydrogens is 266 g/mol. The number of aliphatic imine (C=N–C) groups is 1. The van der Waals surface area contributed by atoms with E-state index >= 15 is 0 Å². The molecule has 0 saturated carbocycles. The Morgan fingerprint density at radius 1 is 1.33 bits per heavy atom. The summed E-state index contributed by atoms with van der Waals surface area (Å²) in [6, 6.07) is 8.29. The highest BCUT2D eigenvalue weighted by molar-refractivity contribution is 7.99. The predicted molar refractivity (Wildman–Crippen MR) is 81.8 cm³/mol. The standard InChI is InChI=1S/C13H20ClN3S/c1-10(2)17-13(15-3)16-8-9-18-12-6-4-11(14)5-7-12/h4-7,10H,8-9H2,1-3H3,(H2,15,16,17). The highest BCUT2D eigenvalue weighted by Crippen LogP contribution is 2.19. The maximum Gasteiger partial charge on any atom is 0.191 e. The molecule has 100 valence electrons. The fourth-order valence-electron chi connectivity index (χ4n) is 1.34. The molecule has 3 nitrogen and oxygen atoms in total. The lowest BCUT2D eigenvalue weighted by atomic mass is 10.4. The van der Waals surface area contributed by atoms with Crippen LogP contribution in [0.4, 0.5) is 0 Å². The first-order valence-corrected chi connectivity index (χ1v) is 7.33. The molecule has 0 aliphatic rings. The molecular formula is C13H20ClN3S. The highest BCUT2D eigenvalue weighted by Gasteiger charge is 1.99. The van der Waals surface area contributed by atoms with E-state index in [1.54, 1.807) is 18.8 Å². The van der Waals surface area contributed by atoms with Gasteiger partial charge in [-0.1, -0.05) is 11.6 Å². The first kappa shape index (κ1) is 15.2. The lowest BCUT2D eigenvalue weighted by Gasteiger charge is -2.14. The molecule has 2 N–H and O–H groups in total. The second kappa shape index (κ2) is 8.27. The molecule has 0 aromatic heterocycles. The summed E-state index contributed by atoms with van der Waals surface area (Å²) in [5.74, 6) is 1.84. The first-order valence-electron chi connectivity index (χ1n) is 5.97. The number of thioether (sulfide) groups is 1. The second-order valence-electron chi connectivity index (χ2n) is 4.10. The van der Waals surface area contributed by atoms with E-state index in [1.807, 2.05) is 24.3 Å². The largest absolute Gasteiger partial charge is 0.356 e. The maximum atomic E-state index is 5.84. The van der Waals surface area contributed by atoms with E-state index < -0.39 is 0 Å². The van der Waals surface area contributed by atoms with E-state index in [9.17, 15) is 0 Å². The van der Waals surface area contributed by atoms with Crippen molar-refractivity contribution in [1.82, 2.24) is 10.6 Å². The van der Waals surface area contributed by atoms with Gasteiger partial charge < -0.3 is 10.6 Å². The van der Waals surface area contributed by atoms with Gasteiger partial charge in [0.1, 0.15) is 0 Å². The molecule has 1 rings (SSSR count). The van der Waals surface area contributed by atoms with Crippen molar-refractivity contribution in [3.63, 3.8) is 0 Å². The molecule has 0 fully saturated rings. The Labute approximate surface area is 118 Å². The van der Waals surface area contributed by atoms with Crippen LogP contribution >= 0.6 is 23.4 Å². The van der Waals surface area contributed by atoms with Gasteiger partial charge in [-0.2, -0.15) is 0 Å². The van der Waals surface area contributed by atoms with E-state index in [2.05, 4.69) is 29.5 Å². The molecule has 0 saturated heterocycles. The summed E-state index contributed by atoms with van der Waals surface area (Å²) in [5, 5.41) is 7.30. The average molecular weight is 286 g/mol. The third kappa shape index (κ3) is 6.17. The fraction of sp³-hybridized carbons (Fsp3) is 0.462. The zero-order chi connectivity index (χ0) is 13.4. The SMILES string of the molecule is CN=C(NCCSc1ccc(Cl)cc1)NC(C)C. The van der Waals surface area contributed by atoms with Crippen molar-refractivity contribution in [3.05, 3.63) is 29.3 Å². The number of hydrogen-bond donors (Lipinski definition) is 2. The number of halogens is 1. The Balaban J connectivity index is 2.24. The Hall–Kier alpha value is -0.870. The average Bonchev–Trinajstić information content (AvgIpc) is 2.34. The number of rotatable bonds is 5. The van der Waals surface area contributed by atoms with Gasteiger partial charge in [0.25, 0.3) is 0 Å². The molecule has 1 aromatic rings. The summed E-state index contributed by atoms with van der Waals surface area (Å²) >= 11 is 7.63. The second-order valence-corrected chi connectivity index (χ2v) is 5.71. The van der Waals surface area contributed by atoms with Crippen LogP contribution < -0.4 is 10.6 Å². The number of benzene rings is 1. The molecule has 5 heteroatoms. The van der Waals surface area contributed by atoms with Crippen molar-refractivity contribution in [2.75, 3.05) is 19.3 Å². The van der Waals surface area contributed by atoms with Crippen LogP contribution in [0.25, 0.3) is 0 Å². The monoisotopic (exact) mass is 285 g/mol. The van der Waals surface area contributed by atoms with Gasteiger partial charge in [-0.05, 0) is 38.1 Å². The Morgan fingerprint density at radius 2 is 2.00 bits per heavy atom. The summed E-state index contributed by atoms with van der Waals surface area (Å²) in [6.45, 7) is 5.06. The van der Waals surface area contributed by atoms with Crippen molar-refractivity contribution in [2.45, 2.75) is 24.8 Å². The summed E-state index contributed by atoms with van der Waals surface area (Å²) in [6.07, 6.45) is 0. The van der Waals surface area contributed by atoms with Crippen LogP contribution in [0.3, 0.4) is 0 Å². The van der Waals surface area contributed by atoms with Crippen molar-refractivity contribution in [3.8, 4) is 0 Å². The molecule has 0 aliphatic carbocycles. The molecule has 0 amide bonds. The zero-order valence-electron chi connectivity index (χ0n) is 11.0. The van der Waals surface area contributed by atoms with Gasteiger partial charge in [0.2, 0.25) is 0 Å². The molecule has 1 aromatic carbocycles. The topological polar surface area (TPSA) is 36.4 Å². The van der Waals surface area contributed by atoms with E-state index in [1.165, 1.54) is 4.90 Å². The van der Waals surface area contributed by atoms with Gasteiger partial charge in [-0.3, -0.25) is 4.99 Å². The molecule has 0 spiro atoms. The Bertz CT molecular complexity index is 376. The van der Waals surface area contributed by atoms with Gasteiger partial charge in [0.05, 0.1) is 0 Å². The normalized spacial score (nSPS) is 11.7. The van der Waals surface area contributed by atoms with Crippen LogP contribution in [0.15, 0.2) is 34.2 Å². The number of hydrogen-bond acceptors (Lipinski definition) is 2. The third-order valence-corrected chi connectivity index (χ3v) is 3.39. The van der Waals surface area contributed by atoms with Crippen molar-refractivity contribution >= 4 is 29.3 Å². The van der Waals surface area contributed by atoms with E-state index in [0.29, 0.717) is 6.04 Å². The summed E-state index contributed by atoms with van der Waals surface area (Å²) in [5.41, 5.74) is 0. The molecule has 0 atom stereocenters. The molecule has 18 heavy (non-hydrogen) atoms. The Kier molecular flexibility index (Phi) is 6.98. The van der Waals surface area contributed by atoms with E-state index in [4.69, 9.17) is 11.6 Å². The van der Waals surface area contributed by atoms with Crippen LogP contribution in [0.1, 0.15) is 13.8 Å². The summed E-state index contributed by atoms with van der Waals surface area (Å²) < 4.78 is 0. The minimum atomic E-state index is 0.389. The van der Waals surface area contributed by atoms with E-state index in [-0.39, 0.29) is 0 Å². The highest BCUT2D eigenvalue weighted by atomic mass is 35.5. The fourth-order valence-corrected chi connectivity index (χ4v) is 2.23. The van der Waals surface area contributed by atoms with Crippen molar-refractivity contribution in [2.24, 2.45) is 4.99 Å². The molecule has 0 bridgehead atoms. The van der Waals surface area contributed by atoms with Gasteiger partial charge in [-0.25, -0.2) is 0 Å². The van der Waals surface area contributed by atoms with Crippen LogP contribution in [0.5, 0.6) is 0 Å². The predicted octanol–water partition coefficient (Wildman–Crippen LogP) is 3.01. The zero-order valence-corrected chi connectivity index (χ0v) is 12.6. The number of nitrogens with one attached hydrogen (secondary N) is 2. The van der Waals surface area contributed by atoms with Gasteiger partial charge >= 0.3 is 0 Å². The number of nitrogens with zero attached hydrogens (tertiary/aromatic N) is 1. The quantitative estimate of drug-likeness (QED) is 0.378. The maximum absolute atomic E-state index is 5.84. The van der Waals surface area contributed by atoms with Gasteiger partial charge in [-0.15, -0.1) is 11.8 Å². The van der Waals surface area contributed by atoms with Gasteiger partial charge in [0, 0.05) is 35.3 Å². The third-order valence-electron chi connectivity index (χ3n) is 2.13. The molecule has 0 heterocycles. The van der Waals surface area contributed by atoms with Gasteiger partial charge in [0.15, 0.2) is 5.96 Å². The van der Waals surface area contributed by atoms with Crippen LogP contribution in [-0.4, -0.2) is 31.3 Å². The smallest absolute Gasteiger partial charge is 0.191 e. The lowest BCUT2D eigenvalue weighted by Crippen LogP contribution is -2.41. The summed E-state index contributed by atoms with van der Waals surface area (Å²) in [4.78, 5) is 5.38. The minimum Gasteiger partial charge on any atom is -0.356 e. The Morgan fingerprint density at radius 3 is 2.56 bits per heavy atom. The number of guanidine groups is 1. The first-order chi connectivity index (χ1) is 8.61. The molecule has 0 unspecified atom stereocenters. The molecule has 0 radical (unpaired) electrons. The van der Waals surface area contributed by atoms with Crippen LogP contribution in [-0.2, 0) is 0 Å². The lowest BCUT2D eigenvalue weighted by molar-refractivity contribution is 0.706.